The molecule has 0 aliphatic carbocycles. The van der Waals surface area contributed by atoms with Crippen LogP contribution in [0.1, 0.15) is 24.0 Å². The largest absolute Gasteiger partial charge is 0.519 e. The van der Waals surface area contributed by atoms with Crippen molar-refractivity contribution in [3.63, 3.8) is 0 Å². The van der Waals surface area contributed by atoms with E-state index in [1.165, 1.54) is 0 Å². The number of rotatable bonds is 0. The third-order valence-electron chi connectivity index (χ3n) is 3.47. The number of aryl methyl sites for hydroxylation is 2. The summed E-state index contributed by atoms with van der Waals surface area (Å²) >= 11 is 0. The van der Waals surface area contributed by atoms with Gasteiger partial charge in [0, 0.05) is 0 Å². The molecular weight excluding hydrogens is 252 g/mol. The highest BCUT2D eigenvalue weighted by Crippen LogP contribution is 2.25. The molecule has 3 heteroatoms. The zero-order valence-corrected chi connectivity index (χ0v) is 11.2. The van der Waals surface area contributed by atoms with Crippen molar-refractivity contribution in [2.24, 2.45) is 0 Å². The van der Waals surface area contributed by atoms with Gasteiger partial charge in [-0.25, -0.2) is 4.79 Å². The fourth-order valence-electron chi connectivity index (χ4n) is 2.45. The number of carbonyl (C=O) groups is 1. The van der Waals surface area contributed by atoms with Gasteiger partial charge >= 0.3 is 6.16 Å². The highest BCUT2D eigenvalue weighted by atomic mass is 16.7. The first-order chi connectivity index (χ1) is 9.83. The lowest BCUT2D eigenvalue weighted by Crippen LogP contribution is -2.15. The molecule has 0 saturated carbocycles. The Bertz CT molecular complexity index is 566. The van der Waals surface area contributed by atoms with Crippen LogP contribution in [0.5, 0.6) is 11.5 Å². The second-order valence-electron chi connectivity index (χ2n) is 4.88. The van der Waals surface area contributed by atoms with Crippen LogP contribution in [0, 0.1) is 0 Å². The monoisotopic (exact) mass is 268 g/mol. The summed E-state index contributed by atoms with van der Waals surface area (Å²) < 4.78 is 10.6. The van der Waals surface area contributed by atoms with E-state index < -0.39 is 6.16 Å². The topological polar surface area (TPSA) is 35.5 Å². The first-order valence-corrected chi connectivity index (χ1v) is 6.88. The summed E-state index contributed by atoms with van der Waals surface area (Å²) in [6.07, 6.45) is 3.26. The molecule has 0 fully saturated rings. The number of fused-ring (bicyclic) bond motifs is 2. The van der Waals surface area contributed by atoms with Gasteiger partial charge in [-0.3, -0.25) is 0 Å². The quantitative estimate of drug-likeness (QED) is 0.532. The van der Waals surface area contributed by atoms with Crippen molar-refractivity contribution in [1.82, 2.24) is 0 Å². The van der Waals surface area contributed by atoms with E-state index in [9.17, 15) is 4.79 Å². The molecule has 0 saturated heterocycles. The molecule has 3 rings (SSSR count). The highest BCUT2D eigenvalue weighted by molar-refractivity contribution is 5.68. The first kappa shape index (κ1) is 12.7. The van der Waals surface area contributed by atoms with Crippen LogP contribution >= 0.6 is 0 Å². The number of hydrogen-bond donors (Lipinski definition) is 0. The van der Waals surface area contributed by atoms with E-state index in [1.54, 1.807) is 12.1 Å². The van der Waals surface area contributed by atoms with Gasteiger partial charge in [-0.2, -0.15) is 0 Å². The Morgan fingerprint density at radius 3 is 1.65 bits per heavy atom. The molecule has 0 aromatic heterocycles. The van der Waals surface area contributed by atoms with E-state index in [4.69, 9.17) is 9.47 Å². The maximum atomic E-state index is 11.9. The number of carbonyl (C=O) groups excluding carboxylic acids is 1. The second kappa shape index (κ2) is 5.78. The zero-order chi connectivity index (χ0) is 13.8. The Labute approximate surface area is 118 Å². The number of benzene rings is 2. The minimum atomic E-state index is -0.674. The Morgan fingerprint density at radius 2 is 1.15 bits per heavy atom. The van der Waals surface area contributed by atoms with Crippen LogP contribution in [0.15, 0.2) is 48.5 Å². The van der Waals surface area contributed by atoms with E-state index >= 15 is 0 Å². The van der Waals surface area contributed by atoms with Gasteiger partial charge in [-0.1, -0.05) is 36.4 Å². The van der Waals surface area contributed by atoms with Crippen LogP contribution in [-0.4, -0.2) is 6.16 Å². The molecule has 0 atom stereocenters. The molecule has 0 bridgehead atoms. The maximum absolute atomic E-state index is 11.9. The van der Waals surface area contributed by atoms with Gasteiger partial charge in [-0.05, 0) is 48.9 Å². The predicted octanol–water partition coefficient (Wildman–Crippen LogP) is 4.14. The summed E-state index contributed by atoms with van der Waals surface area (Å²) in [6.45, 7) is 0. The van der Waals surface area contributed by atoms with Crippen molar-refractivity contribution in [2.45, 2.75) is 25.7 Å². The fourth-order valence-corrected chi connectivity index (χ4v) is 2.45. The molecular formula is C17H16O3. The van der Waals surface area contributed by atoms with Crippen molar-refractivity contribution >= 4 is 6.16 Å². The summed E-state index contributed by atoms with van der Waals surface area (Å²) in [5, 5.41) is 0. The molecule has 1 aliphatic rings. The van der Waals surface area contributed by atoms with E-state index in [-0.39, 0.29) is 0 Å². The van der Waals surface area contributed by atoms with Gasteiger partial charge in [0.1, 0.15) is 11.5 Å². The molecule has 1 aliphatic heterocycles. The van der Waals surface area contributed by atoms with Gasteiger partial charge < -0.3 is 9.47 Å². The third-order valence-corrected chi connectivity index (χ3v) is 3.47. The average Bonchev–Trinajstić information content (AvgIpc) is 2.49. The summed E-state index contributed by atoms with van der Waals surface area (Å²) in [7, 11) is 0. The minimum Gasteiger partial charge on any atom is -0.394 e. The van der Waals surface area contributed by atoms with Gasteiger partial charge in [0.2, 0.25) is 0 Å². The zero-order valence-electron chi connectivity index (χ0n) is 11.2. The molecule has 1 heterocycles. The van der Waals surface area contributed by atoms with E-state index in [1.807, 2.05) is 36.4 Å². The van der Waals surface area contributed by atoms with Gasteiger partial charge in [0.15, 0.2) is 0 Å². The minimum absolute atomic E-state index is 0.594. The van der Waals surface area contributed by atoms with E-state index in [0.717, 1.165) is 36.8 Å². The maximum Gasteiger partial charge on any atom is 0.519 e. The number of para-hydroxylation sites is 2. The van der Waals surface area contributed by atoms with Crippen LogP contribution < -0.4 is 9.47 Å². The van der Waals surface area contributed by atoms with Gasteiger partial charge in [0.05, 0.1) is 0 Å². The molecule has 3 nitrogen and oxygen atoms in total. The standard InChI is InChI=1S/C17H16O3/c18-17-19-15-11-5-3-9-13(15)7-1-2-8-14-10-4-6-12-16(14)20-17/h3-6,9-12H,1-2,7-8H2. The summed E-state index contributed by atoms with van der Waals surface area (Å²) in [5.74, 6) is 1.19. The lowest BCUT2D eigenvalue weighted by molar-refractivity contribution is 0.151. The van der Waals surface area contributed by atoms with Crippen molar-refractivity contribution in [3.05, 3.63) is 59.7 Å². The smallest absolute Gasteiger partial charge is 0.394 e. The van der Waals surface area contributed by atoms with Gasteiger partial charge in [-0.15, -0.1) is 0 Å². The van der Waals surface area contributed by atoms with Crippen molar-refractivity contribution in [2.75, 3.05) is 0 Å². The van der Waals surface area contributed by atoms with E-state index in [2.05, 4.69) is 0 Å². The van der Waals surface area contributed by atoms with Crippen LogP contribution in [-0.2, 0) is 12.8 Å². The molecule has 0 amide bonds. The molecule has 0 radical (unpaired) electrons. The Morgan fingerprint density at radius 1 is 0.700 bits per heavy atom. The lowest BCUT2D eigenvalue weighted by atomic mass is 10.0. The molecule has 0 spiro atoms. The summed E-state index contributed by atoms with van der Waals surface area (Å²) in [6, 6.07) is 15.2. The second-order valence-corrected chi connectivity index (χ2v) is 4.88. The van der Waals surface area contributed by atoms with Crippen molar-refractivity contribution < 1.29 is 14.3 Å². The highest BCUT2D eigenvalue weighted by Gasteiger charge is 2.14. The SMILES string of the molecule is O=C1Oc2ccccc2CCCCc2ccccc2O1. The Hall–Kier alpha value is -2.29. The first-order valence-electron chi connectivity index (χ1n) is 6.88. The van der Waals surface area contributed by atoms with E-state index in [0.29, 0.717) is 11.5 Å². The van der Waals surface area contributed by atoms with Crippen LogP contribution in [0.25, 0.3) is 0 Å². The Kier molecular flexibility index (Phi) is 3.68. The molecule has 102 valence electrons. The number of ether oxygens (including phenoxy) is 2. The van der Waals surface area contributed by atoms with Crippen LogP contribution in [0.2, 0.25) is 0 Å². The molecule has 0 N–H and O–H groups in total. The van der Waals surface area contributed by atoms with Crippen molar-refractivity contribution in [1.29, 1.82) is 0 Å². The Balaban J connectivity index is 1.90. The van der Waals surface area contributed by atoms with Crippen LogP contribution in [0.3, 0.4) is 0 Å². The van der Waals surface area contributed by atoms with Crippen molar-refractivity contribution in [3.8, 4) is 11.5 Å². The molecule has 2 aromatic carbocycles. The predicted molar refractivity (Wildman–Crippen MR) is 76.2 cm³/mol. The summed E-state index contributed by atoms with van der Waals surface area (Å²) in [5.41, 5.74) is 2.10. The summed E-state index contributed by atoms with van der Waals surface area (Å²) in [4.78, 5) is 11.9. The fraction of sp³-hybridized carbons (Fsp3) is 0.235. The molecule has 0 unspecified atom stereocenters. The average molecular weight is 268 g/mol. The lowest BCUT2D eigenvalue weighted by Gasteiger charge is -2.09. The third kappa shape index (κ3) is 2.82. The number of hydrogen-bond acceptors (Lipinski definition) is 3. The molecule has 20 heavy (non-hydrogen) atoms. The normalized spacial score (nSPS) is 15.1. The van der Waals surface area contributed by atoms with Gasteiger partial charge in [0.25, 0.3) is 0 Å². The van der Waals surface area contributed by atoms with Crippen LogP contribution in [0.4, 0.5) is 4.79 Å². The molecule has 2 aromatic rings.